The van der Waals surface area contributed by atoms with E-state index in [1.165, 1.54) is 7.05 Å². The Kier molecular flexibility index (Phi) is 10.7. The Labute approximate surface area is 228 Å². The van der Waals surface area contributed by atoms with Gasteiger partial charge in [-0.1, -0.05) is 70.2 Å². The van der Waals surface area contributed by atoms with E-state index in [0.29, 0.717) is 11.6 Å². The number of quaternary nitrogens is 2. The van der Waals surface area contributed by atoms with E-state index >= 15 is 0 Å². The summed E-state index contributed by atoms with van der Waals surface area (Å²) >= 11 is 0. The van der Waals surface area contributed by atoms with E-state index in [1.807, 2.05) is 60.0 Å². The minimum atomic E-state index is -5.09. The van der Waals surface area contributed by atoms with Gasteiger partial charge in [-0.3, -0.25) is 14.4 Å². The Bertz CT molecular complexity index is 1120. The molecule has 0 aliphatic rings. The fourth-order valence-corrected chi connectivity index (χ4v) is 4.51. The summed E-state index contributed by atoms with van der Waals surface area (Å²) in [5.41, 5.74) is 7.34. The quantitative estimate of drug-likeness (QED) is 0.274. The van der Waals surface area contributed by atoms with Crippen molar-refractivity contribution in [2.45, 2.75) is 46.3 Å². The van der Waals surface area contributed by atoms with Gasteiger partial charge in [0.05, 0.1) is 14.1 Å². The molecular formula is C28H40F3N5O3+2. The zero-order valence-corrected chi connectivity index (χ0v) is 23.4. The molecule has 0 heterocycles. The molecule has 0 saturated heterocycles. The van der Waals surface area contributed by atoms with Crippen molar-refractivity contribution in [2.24, 2.45) is 5.92 Å². The first-order chi connectivity index (χ1) is 18.0. The molecule has 2 aromatic carbocycles. The second-order valence-electron chi connectivity index (χ2n) is 11.1. The summed E-state index contributed by atoms with van der Waals surface area (Å²) in [5, 5.41) is 2.85. The molecule has 214 valence electrons. The maximum Gasteiger partial charge on any atom is 0.476 e. The predicted octanol–water partition coefficient (Wildman–Crippen LogP) is 4.12. The van der Waals surface area contributed by atoms with Crippen LogP contribution in [0.25, 0.3) is 0 Å². The van der Waals surface area contributed by atoms with E-state index in [4.69, 9.17) is 0 Å². The molecule has 3 N–H and O–H groups in total. The monoisotopic (exact) mass is 551 g/mol. The minimum Gasteiger partial charge on any atom is -0.321 e. The number of carbonyl (C=O) groups excluding carboxylic acids is 3. The van der Waals surface area contributed by atoms with Crippen molar-refractivity contribution in [3.05, 3.63) is 65.7 Å². The summed E-state index contributed by atoms with van der Waals surface area (Å²) in [6.45, 7) is 7.43. The number of likely N-dealkylation sites (N-methyl/N-ethyl adjacent to an activating group) is 2. The van der Waals surface area contributed by atoms with Crippen LogP contribution in [0.4, 0.5) is 18.9 Å². The van der Waals surface area contributed by atoms with Crippen LogP contribution >= 0.6 is 0 Å². The molecule has 8 nitrogen and oxygen atoms in total. The number of hydrogen-bond donors (Lipinski definition) is 3. The summed E-state index contributed by atoms with van der Waals surface area (Å²) in [6, 6.07) is 16.7. The van der Waals surface area contributed by atoms with Crippen molar-refractivity contribution in [1.29, 1.82) is 0 Å². The van der Waals surface area contributed by atoms with Crippen molar-refractivity contribution < 1.29 is 36.7 Å². The number of nitrogens with zero attached hydrogens (tertiary/aromatic N) is 2. The van der Waals surface area contributed by atoms with E-state index in [0.717, 1.165) is 11.1 Å². The lowest BCUT2D eigenvalue weighted by atomic mass is 10.0. The number of anilines is 1. The summed E-state index contributed by atoms with van der Waals surface area (Å²) in [4.78, 5) is 38.0. The van der Waals surface area contributed by atoms with Crippen molar-refractivity contribution in [1.82, 2.24) is 10.9 Å². The average Bonchev–Trinajstić information content (AvgIpc) is 2.77. The molecule has 0 aliphatic carbocycles. The second kappa shape index (κ2) is 13.1. The normalized spacial score (nSPS) is 14.8. The molecule has 0 spiro atoms. The molecule has 0 bridgehead atoms. The number of alkyl halides is 3. The molecule has 39 heavy (non-hydrogen) atoms. The summed E-state index contributed by atoms with van der Waals surface area (Å²) < 4.78 is 38.1. The molecular weight excluding hydrogens is 511 g/mol. The number of hydrogen-bond acceptors (Lipinski definition) is 3. The molecule has 0 unspecified atom stereocenters. The third kappa shape index (κ3) is 10.7. The SMILES string of the molecule is CC(C)C[N@@+](C)(CC(=O)N[N@+](C)(CC(=O)Nc1ccc(C(C)C)cc1)Cc1ccccc1)NC(=O)C(F)(F)F. The van der Waals surface area contributed by atoms with Gasteiger partial charge in [-0.15, -0.1) is 0 Å². The minimum absolute atomic E-state index is 0.0878. The van der Waals surface area contributed by atoms with Gasteiger partial charge >= 0.3 is 18.0 Å². The lowest BCUT2D eigenvalue weighted by Crippen LogP contribution is -2.67. The fraction of sp³-hybridized carbons (Fsp3) is 0.464. The molecule has 0 aliphatic heterocycles. The Balaban J connectivity index is 2.23. The Hall–Kier alpha value is -3.44. The van der Waals surface area contributed by atoms with Crippen LogP contribution in [0.15, 0.2) is 54.6 Å². The maximum atomic E-state index is 13.2. The predicted molar refractivity (Wildman–Crippen MR) is 143 cm³/mol. The van der Waals surface area contributed by atoms with Crippen LogP contribution < -0.4 is 16.2 Å². The van der Waals surface area contributed by atoms with Gasteiger partial charge in [0, 0.05) is 17.2 Å². The number of nitrogens with one attached hydrogen (secondary N) is 3. The average molecular weight is 552 g/mol. The summed E-state index contributed by atoms with van der Waals surface area (Å²) in [5.74, 6) is -2.86. The van der Waals surface area contributed by atoms with Gasteiger partial charge in [-0.25, -0.2) is 9.18 Å². The third-order valence-corrected chi connectivity index (χ3v) is 6.01. The van der Waals surface area contributed by atoms with Gasteiger partial charge < -0.3 is 5.32 Å². The number of rotatable bonds is 12. The van der Waals surface area contributed by atoms with Gasteiger partial charge in [0.15, 0.2) is 13.1 Å². The fourth-order valence-electron chi connectivity index (χ4n) is 4.51. The van der Waals surface area contributed by atoms with E-state index < -0.39 is 29.1 Å². The number of halogens is 3. The van der Waals surface area contributed by atoms with Crippen LogP contribution in [0.5, 0.6) is 0 Å². The highest BCUT2D eigenvalue weighted by atomic mass is 19.4. The molecule has 0 fully saturated rings. The highest BCUT2D eigenvalue weighted by Gasteiger charge is 2.44. The van der Waals surface area contributed by atoms with Crippen molar-refractivity contribution in [2.75, 3.05) is 39.0 Å². The molecule has 2 aromatic rings. The van der Waals surface area contributed by atoms with Crippen LogP contribution in [0, 0.1) is 5.92 Å². The molecule has 3 amide bonds. The van der Waals surface area contributed by atoms with Gasteiger partial charge in [-0.2, -0.15) is 24.0 Å². The summed E-state index contributed by atoms with van der Waals surface area (Å²) in [6.07, 6.45) is -5.09. The van der Waals surface area contributed by atoms with Crippen molar-refractivity contribution >= 4 is 23.4 Å². The second-order valence-corrected chi connectivity index (χ2v) is 11.1. The maximum absolute atomic E-state index is 13.2. The first-order valence-corrected chi connectivity index (χ1v) is 12.8. The van der Waals surface area contributed by atoms with E-state index in [2.05, 4.69) is 24.6 Å². The number of carbonyl (C=O) groups is 3. The number of amides is 3. The Morgan fingerprint density at radius 1 is 0.795 bits per heavy atom. The molecule has 0 aromatic heterocycles. The first-order valence-electron chi connectivity index (χ1n) is 12.8. The first kappa shape index (κ1) is 31.8. The Morgan fingerprint density at radius 2 is 1.36 bits per heavy atom. The zero-order chi connectivity index (χ0) is 29.4. The summed E-state index contributed by atoms with van der Waals surface area (Å²) in [7, 11) is 3.02. The molecule has 0 radical (unpaired) electrons. The van der Waals surface area contributed by atoms with Crippen LogP contribution in [0.2, 0.25) is 0 Å². The van der Waals surface area contributed by atoms with Crippen LogP contribution in [0.1, 0.15) is 44.7 Å². The highest BCUT2D eigenvalue weighted by Crippen LogP contribution is 2.19. The Morgan fingerprint density at radius 3 is 1.87 bits per heavy atom. The van der Waals surface area contributed by atoms with Crippen LogP contribution in [-0.4, -0.2) is 66.8 Å². The van der Waals surface area contributed by atoms with Gasteiger partial charge in [0.2, 0.25) is 0 Å². The van der Waals surface area contributed by atoms with Gasteiger partial charge in [0.1, 0.15) is 13.1 Å². The highest BCUT2D eigenvalue weighted by molar-refractivity contribution is 5.91. The van der Waals surface area contributed by atoms with E-state index in [9.17, 15) is 27.6 Å². The number of benzene rings is 2. The van der Waals surface area contributed by atoms with E-state index in [1.54, 1.807) is 20.9 Å². The molecule has 2 atom stereocenters. The van der Waals surface area contributed by atoms with Gasteiger partial charge in [0.25, 0.3) is 5.91 Å². The molecule has 11 heteroatoms. The lowest BCUT2D eigenvalue weighted by molar-refractivity contribution is -0.957. The molecule has 0 saturated carbocycles. The standard InChI is InChI=1S/C28H38F3N5O3/c1-20(2)16-35(5,34-27(39)28(29,30)31)19-26(38)33-36(6,17-22-10-8-7-9-11-22)18-25(37)32-24-14-12-23(13-15-24)21(3)4/h7-15,20-21H,16-19H2,1-6H3,(H-2,32,33,34,37,38,39)/p+2/t35-,36-/m0/s1. The van der Waals surface area contributed by atoms with E-state index in [-0.39, 0.29) is 36.1 Å². The van der Waals surface area contributed by atoms with Crippen molar-refractivity contribution in [3.63, 3.8) is 0 Å². The zero-order valence-electron chi connectivity index (χ0n) is 23.4. The van der Waals surface area contributed by atoms with Crippen LogP contribution in [-0.2, 0) is 20.9 Å². The lowest BCUT2D eigenvalue weighted by Gasteiger charge is -2.37. The molecule has 2 rings (SSSR count). The van der Waals surface area contributed by atoms with Crippen molar-refractivity contribution in [3.8, 4) is 0 Å². The largest absolute Gasteiger partial charge is 0.476 e. The smallest absolute Gasteiger partial charge is 0.321 e. The van der Waals surface area contributed by atoms with Gasteiger partial charge in [-0.05, 0) is 23.6 Å². The third-order valence-electron chi connectivity index (χ3n) is 6.01. The topological polar surface area (TPSA) is 87.3 Å². The van der Waals surface area contributed by atoms with Crippen LogP contribution in [0.3, 0.4) is 0 Å².